The van der Waals surface area contributed by atoms with Crippen molar-refractivity contribution in [1.29, 1.82) is 0 Å². The number of aryl methyl sites for hydroxylation is 13. The van der Waals surface area contributed by atoms with Crippen molar-refractivity contribution < 1.29 is 28.3 Å². The highest BCUT2D eigenvalue weighted by molar-refractivity contribution is 5.66. The molecule has 10 rings (SSSR count). The van der Waals surface area contributed by atoms with Crippen molar-refractivity contribution in [2.24, 2.45) is 58.9 Å². The quantitative estimate of drug-likeness (QED) is 0.103. The molecule has 105 heavy (non-hydrogen) atoms. The van der Waals surface area contributed by atoms with E-state index in [1.165, 1.54) is 117 Å². The fourth-order valence-corrected chi connectivity index (χ4v) is 14.3. The Morgan fingerprint density at radius 2 is 0.552 bits per heavy atom. The summed E-state index contributed by atoms with van der Waals surface area (Å²) in [6.07, 6.45) is 10.1. The SMILES string of the molecule is Cc1ccc(-c2cc(CC(C)C)c(CC(C)C)c[n+]2C)c(C)c1.Cc1ccccc1-c1cc(C(C)(C)C)c(C(C)(C)C)c[n+]1C.Cc1ccccc1-c1cc(C)c(C(C)(C)C)c[n+]1C.Cc1ccccc1-c1cc(C)c(C(C)(C)C)c[n+]1C.[2H]C([2H])(c1cc(-c2ccccc2C)[n+](C)cc1C([2H])([2H])C(C)C)C(C)C. The Bertz CT molecular complexity index is 4660. The maximum Gasteiger partial charge on any atom is 0.212 e. The first-order chi connectivity index (χ1) is 50.3. The minimum atomic E-state index is -1.62. The predicted molar refractivity (Wildman–Crippen MR) is 452 cm³/mol. The van der Waals surface area contributed by atoms with Crippen molar-refractivity contribution in [2.45, 2.75) is 241 Å². The lowest BCUT2D eigenvalue weighted by atomic mass is 9.75. The van der Waals surface area contributed by atoms with Gasteiger partial charge in [0.15, 0.2) is 31.0 Å². The fourth-order valence-electron chi connectivity index (χ4n) is 14.3. The van der Waals surface area contributed by atoms with Crippen LogP contribution in [-0.4, -0.2) is 0 Å². The lowest BCUT2D eigenvalue weighted by Crippen LogP contribution is -2.36. The zero-order valence-electron chi connectivity index (χ0n) is 75.7. The van der Waals surface area contributed by atoms with Gasteiger partial charge in [-0.25, -0.2) is 22.8 Å². The molecule has 0 amide bonds. The Kier molecular flexibility index (Phi) is 27.6. The van der Waals surface area contributed by atoms with Gasteiger partial charge in [0, 0.05) is 91.4 Å². The minimum absolute atomic E-state index is 0.133. The standard InChI is InChI=1S/C22H32N.2C21H30N.2C18H24N/c1-15(2)10-19-13-22(21-9-8-17(5)12-18(21)6)23(7)14-20(19)11-16(3)4;1-15-11-9-10-12-16(15)19-13-17(20(2,3)4)18(14-22(19)8)21(5,6)7;1-15(2)11-18-13-21(20-10-8-7-9-17(20)5)22(6)14-19(18)12-16(3)4;2*1-13-9-7-8-10-15(13)17-11-14(2)16(12-19(17)6)18(3,4)5/h8-9,12-16H,10-11H2,1-7H3;9-14H,1-8H3;7-10,13-16H,11-12H2,1-6H3;2*7-12H,1-6H3/q5*+1/i;;11D2,12D2;;. The van der Waals surface area contributed by atoms with Gasteiger partial charge in [0.05, 0.1) is 0 Å². The van der Waals surface area contributed by atoms with Crippen LogP contribution in [0.5, 0.6) is 0 Å². The van der Waals surface area contributed by atoms with Gasteiger partial charge in [-0.05, 0) is 212 Å². The third-order valence-electron chi connectivity index (χ3n) is 19.7. The molecular weight excluding hydrogens is 1270 g/mol. The topological polar surface area (TPSA) is 19.4 Å². The Labute approximate surface area is 646 Å². The lowest BCUT2D eigenvalue weighted by molar-refractivity contribution is -0.661. The normalized spacial score (nSPS) is 12.6. The second kappa shape index (κ2) is 36.4. The van der Waals surface area contributed by atoms with Crippen LogP contribution in [-0.2, 0) is 82.5 Å². The molecule has 0 unspecified atom stereocenters. The summed E-state index contributed by atoms with van der Waals surface area (Å²) in [7, 11) is 10.5. The van der Waals surface area contributed by atoms with Crippen LogP contribution in [0.25, 0.3) is 56.3 Å². The molecule has 5 heteroatoms. The molecule has 0 radical (unpaired) electrons. The summed E-state index contributed by atoms with van der Waals surface area (Å²) in [5, 5.41) is 0. The molecular formula is C100H140N5+5. The Morgan fingerprint density at radius 3 is 0.886 bits per heavy atom. The average Bonchev–Trinajstić information content (AvgIpc) is 0.759. The van der Waals surface area contributed by atoms with E-state index in [4.69, 9.17) is 5.48 Å². The largest absolute Gasteiger partial charge is 0.212 e. The number of pyridine rings is 5. The summed E-state index contributed by atoms with van der Waals surface area (Å²) in [6.45, 7) is 61.3. The highest BCUT2D eigenvalue weighted by Crippen LogP contribution is 2.37. The van der Waals surface area contributed by atoms with E-state index >= 15 is 0 Å². The second-order valence-electron chi connectivity index (χ2n) is 35.6. The molecule has 5 aromatic heterocycles. The van der Waals surface area contributed by atoms with Crippen molar-refractivity contribution >= 4 is 0 Å². The van der Waals surface area contributed by atoms with Crippen LogP contribution in [0.4, 0.5) is 0 Å². The van der Waals surface area contributed by atoms with Crippen molar-refractivity contribution in [3.05, 3.63) is 266 Å². The molecule has 0 spiro atoms. The summed E-state index contributed by atoms with van der Waals surface area (Å²) in [6, 6.07) is 51.8. The summed E-state index contributed by atoms with van der Waals surface area (Å²) in [5.74, 6) is 0.851. The zero-order chi connectivity index (χ0) is 82.1. The maximum absolute atomic E-state index is 8.66. The number of hydrogen-bond acceptors (Lipinski definition) is 0. The summed E-state index contributed by atoms with van der Waals surface area (Å²) in [5.41, 5.74) is 33.1. The molecule has 0 saturated heterocycles. The van der Waals surface area contributed by atoms with E-state index in [0.29, 0.717) is 23.0 Å². The van der Waals surface area contributed by atoms with E-state index in [1.807, 2.05) is 76.6 Å². The van der Waals surface area contributed by atoms with Crippen LogP contribution in [0.2, 0.25) is 0 Å². The summed E-state index contributed by atoms with van der Waals surface area (Å²) < 4.78 is 45.5. The summed E-state index contributed by atoms with van der Waals surface area (Å²) >= 11 is 0. The molecule has 0 bridgehead atoms. The van der Waals surface area contributed by atoms with Crippen molar-refractivity contribution in [2.75, 3.05) is 0 Å². The highest BCUT2D eigenvalue weighted by atomic mass is 14.9. The molecule has 0 N–H and O–H groups in total. The third-order valence-corrected chi connectivity index (χ3v) is 19.7. The van der Waals surface area contributed by atoms with E-state index < -0.39 is 12.7 Å². The van der Waals surface area contributed by atoms with Crippen LogP contribution in [0.1, 0.15) is 233 Å². The van der Waals surface area contributed by atoms with Crippen LogP contribution in [0.3, 0.4) is 0 Å². The van der Waals surface area contributed by atoms with Gasteiger partial charge in [0.25, 0.3) is 0 Å². The van der Waals surface area contributed by atoms with E-state index in [2.05, 4.69) is 346 Å². The van der Waals surface area contributed by atoms with Gasteiger partial charge in [-0.2, -0.15) is 0 Å². The highest BCUT2D eigenvalue weighted by Gasteiger charge is 2.31. The van der Waals surface area contributed by atoms with Crippen LogP contribution in [0.15, 0.2) is 177 Å². The number of aromatic nitrogens is 5. The third kappa shape index (κ3) is 23.7. The van der Waals surface area contributed by atoms with Crippen LogP contribution < -0.4 is 22.8 Å². The van der Waals surface area contributed by atoms with E-state index in [-0.39, 0.29) is 33.5 Å². The molecule has 0 atom stereocenters. The van der Waals surface area contributed by atoms with Gasteiger partial charge >= 0.3 is 0 Å². The second-order valence-corrected chi connectivity index (χ2v) is 35.6. The van der Waals surface area contributed by atoms with Gasteiger partial charge < -0.3 is 0 Å². The smallest absolute Gasteiger partial charge is 0.201 e. The summed E-state index contributed by atoms with van der Waals surface area (Å²) in [4.78, 5) is 0. The first kappa shape index (κ1) is 79.4. The van der Waals surface area contributed by atoms with E-state index in [1.54, 1.807) is 6.20 Å². The van der Waals surface area contributed by atoms with Gasteiger partial charge in [-0.3, -0.25) is 0 Å². The lowest BCUT2D eigenvalue weighted by Gasteiger charge is -2.29. The van der Waals surface area contributed by atoms with Crippen molar-refractivity contribution in [3.8, 4) is 56.3 Å². The Hall–Kier alpha value is -8.15. The predicted octanol–water partition coefficient (Wildman–Crippen LogP) is 23.3. The average molecular weight is 1420 g/mol. The van der Waals surface area contributed by atoms with Gasteiger partial charge in [0.2, 0.25) is 28.5 Å². The van der Waals surface area contributed by atoms with Gasteiger partial charge in [0.1, 0.15) is 35.2 Å². The zero-order valence-corrected chi connectivity index (χ0v) is 71.7. The molecule has 0 fully saturated rings. The number of hydrogen-bond donors (Lipinski definition) is 0. The van der Waals surface area contributed by atoms with Crippen LogP contribution in [0, 0.1) is 79.1 Å². The van der Waals surface area contributed by atoms with Gasteiger partial charge in [-0.1, -0.05) is 229 Å². The molecule has 5 nitrogen and oxygen atoms in total. The number of nitrogens with zero attached hydrogens (tertiary/aromatic N) is 5. The number of benzene rings is 5. The molecule has 0 aliphatic carbocycles. The molecule has 0 aliphatic heterocycles. The maximum atomic E-state index is 8.66. The number of rotatable bonds is 13. The van der Waals surface area contributed by atoms with Crippen molar-refractivity contribution in [3.63, 3.8) is 0 Å². The van der Waals surface area contributed by atoms with E-state index in [0.717, 1.165) is 29.7 Å². The Morgan fingerprint density at radius 1 is 0.267 bits per heavy atom. The molecule has 560 valence electrons. The molecule has 0 saturated carbocycles. The van der Waals surface area contributed by atoms with Gasteiger partial charge in [-0.15, -0.1) is 0 Å². The minimum Gasteiger partial charge on any atom is -0.201 e. The monoisotopic (exact) mass is 1420 g/mol. The first-order valence-electron chi connectivity index (χ1n) is 40.7. The molecule has 5 heterocycles. The molecule has 0 aliphatic rings. The fraction of sp³-hybridized carbons (Fsp3) is 0.450. The van der Waals surface area contributed by atoms with Crippen LogP contribution >= 0.6 is 0 Å². The molecule has 10 aromatic rings. The first-order valence-corrected chi connectivity index (χ1v) is 38.7. The van der Waals surface area contributed by atoms with E-state index in [9.17, 15) is 0 Å². The molecule has 5 aromatic carbocycles. The van der Waals surface area contributed by atoms with Crippen molar-refractivity contribution in [1.82, 2.24) is 0 Å². The Balaban J connectivity index is 0.000000214.